The molecule has 4 heterocycles. The number of alkyl halides is 1. The minimum atomic E-state index is -0.148. The third kappa shape index (κ3) is 5.24. The molecular weight excluding hydrogens is 535 g/mol. The molecule has 5 rings (SSSR count). The number of hydrogen-bond donors (Lipinski definition) is 1. The van der Waals surface area contributed by atoms with Gasteiger partial charge in [0.25, 0.3) is 5.91 Å². The van der Waals surface area contributed by atoms with Gasteiger partial charge >= 0.3 is 0 Å². The Balaban J connectivity index is 1.26. The van der Waals surface area contributed by atoms with Crippen LogP contribution < -0.4 is 15.0 Å². The zero-order chi connectivity index (χ0) is 22.8. The maximum atomic E-state index is 12.5. The van der Waals surface area contributed by atoms with Gasteiger partial charge in [-0.15, -0.1) is 0 Å². The van der Waals surface area contributed by atoms with Gasteiger partial charge in [0.1, 0.15) is 12.4 Å². The second kappa shape index (κ2) is 9.84. The second-order valence-electron chi connectivity index (χ2n) is 8.56. The molecule has 1 unspecified atom stereocenters. The van der Waals surface area contributed by atoms with Crippen LogP contribution in [0.4, 0.5) is 5.69 Å². The van der Waals surface area contributed by atoms with Crippen LogP contribution in [-0.2, 0) is 9.47 Å². The summed E-state index contributed by atoms with van der Waals surface area (Å²) in [6.45, 7) is 3.68. The van der Waals surface area contributed by atoms with E-state index in [2.05, 4.69) is 48.8 Å². The van der Waals surface area contributed by atoms with Crippen LogP contribution in [0.15, 0.2) is 48.1 Å². The molecule has 1 amide bonds. The van der Waals surface area contributed by atoms with Crippen molar-refractivity contribution in [2.24, 2.45) is 5.92 Å². The Morgan fingerprint density at radius 1 is 1.15 bits per heavy atom. The molecular formula is C24H27IN4O4. The average molecular weight is 562 g/mol. The third-order valence-corrected chi connectivity index (χ3v) is 6.85. The number of pyridine rings is 2. The summed E-state index contributed by atoms with van der Waals surface area (Å²) in [6, 6.07) is 7.70. The van der Waals surface area contributed by atoms with Crippen molar-refractivity contribution >= 4 is 34.2 Å². The number of rotatable bonds is 7. The van der Waals surface area contributed by atoms with Crippen LogP contribution >= 0.6 is 22.6 Å². The first-order chi connectivity index (χ1) is 16.1. The first-order valence-electron chi connectivity index (χ1n) is 11.3. The molecule has 2 fully saturated rings. The fourth-order valence-electron chi connectivity index (χ4n) is 4.01. The van der Waals surface area contributed by atoms with E-state index in [9.17, 15) is 4.79 Å². The van der Waals surface area contributed by atoms with E-state index in [0.717, 1.165) is 48.5 Å². The SMILES string of the molecule is Cc1ccc(N2C(COc3ccc(C(=O)NC4CCOCC4)cn3)=C(C3CC3)OC2I)cn1. The summed E-state index contributed by atoms with van der Waals surface area (Å²) in [5, 5.41) is 3.05. The van der Waals surface area contributed by atoms with E-state index in [1.165, 1.54) is 0 Å². The largest absolute Gasteiger partial charge is 0.471 e. The molecule has 0 radical (unpaired) electrons. The lowest BCUT2D eigenvalue weighted by molar-refractivity contribution is 0.0696. The molecule has 1 saturated carbocycles. The molecule has 2 aliphatic heterocycles. The Labute approximate surface area is 206 Å². The monoisotopic (exact) mass is 562 g/mol. The molecule has 1 N–H and O–H groups in total. The quantitative estimate of drug-likeness (QED) is 0.311. The average Bonchev–Trinajstić information content (AvgIpc) is 3.62. The fraction of sp³-hybridized carbons (Fsp3) is 0.458. The number of ether oxygens (including phenoxy) is 3. The molecule has 174 valence electrons. The van der Waals surface area contributed by atoms with E-state index in [-0.39, 0.29) is 16.2 Å². The zero-order valence-corrected chi connectivity index (χ0v) is 20.7. The molecule has 33 heavy (non-hydrogen) atoms. The van der Waals surface area contributed by atoms with E-state index < -0.39 is 0 Å². The summed E-state index contributed by atoms with van der Waals surface area (Å²) >= 11 is 2.30. The lowest BCUT2D eigenvalue weighted by Gasteiger charge is -2.24. The molecule has 2 aromatic heterocycles. The molecule has 0 bridgehead atoms. The molecule has 9 heteroatoms. The van der Waals surface area contributed by atoms with Crippen LogP contribution in [0.5, 0.6) is 5.88 Å². The first-order valence-corrected chi connectivity index (χ1v) is 12.6. The van der Waals surface area contributed by atoms with Crippen molar-refractivity contribution in [1.29, 1.82) is 0 Å². The molecule has 8 nitrogen and oxygen atoms in total. The molecule has 1 atom stereocenters. The summed E-state index contributed by atoms with van der Waals surface area (Å²) in [5.74, 6) is 1.81. The Hall–Kier alpha value is -2.40. The summed E-state index contributed by atoms with van der Waals surface area (Å²) in [7, 11) is 0. The van der Waals surface area contributed by atoms with Crippen molar-refractivity contribution < 1.29 is 19.0 Å². The van der Waals surface area contributed by atoms with Crippen LogP contribution in [0.2, 0.25) is 0 Å². The van der Waals surface area contributed by atoms with Gasteiger partial charge in [-0.25, -0.2) is 4.98 Å². The smallest absolute Gasteiger partial charge is 0.253 e. The van der Waals surface area contributed by atoms with E-state index in [4.69, 9.17) is 14.2 Å². The number of allylic oxidation sites excluding steroid dienone is 1. The third-order valence-electron chi connectivity index (χ3n) is 6.04. The van der Waals surface area contributed by atoms with E-state index >= 15 is 0 Å². The number of hydrogen-bond acceptors (Lipinski definition) is 7. The summed E-state index contributed by atoms with van der Waals surface area (Å²) in [6.07, 6.45) is 7.38. The van der Waals surface area contributed by atoms with Crippen LogP contribution in [0.25, 0.3) is 0 Å². The molecule has 1 saturated heterocycles. The van der Waals surface area contributed by atoms with Crippen molar-refractivity contribution in [1.82, 2.24) is 15.3 Å². The number of nitrogens with one attached hydrogen (secondary N) is 1. The number of aryl methyl sites for hydroxylation is 1. The maximum absolute atomic E-state index is 12.5. The van der Waals surface area contributed by atoms with Gasteiger partial charge in [0.15, 0.2) is 0 Å². The van der Waals surface area contributed by atoms with Crippen molar-refractivity contribution in [3.05, 3.63) is 59.4 Å². The van der Waals surface area contributed by atoms with Gasteiger partial charge in [-0.1, -0.05) is 0 Å². The number of aromatic nitrogens is 2. The highest BCUT2D eigenvalue weighted by Crippen LogP contribution is 2.46. The Morgan fingerprint density at radius 3 is 2.64 bits per heavy atom. The van der Waals surface area contributed by atoms with Crippen molar-refractivity contribution in [2.45, 2.75) is 42.9 Å². The fourth-order valence-corrected chi connectivity index (χ4v) is 4.95. The molecule has 0 spiro atoms. The predicted octanol–water partition coefficient (Wildman–Crippen LogP) is 3.95. The Kier molecular flexibility index (Phi) is 6.68. The summed E-state index contributed by atoms with van der Waals surface area (Å²) in [5.41, 5.74) is 3.47. The van der Waals surface area contributed by atoms with E-state index in [1.807, 2.05) is 19.2 Å². The lowest BCUT2D eigenvalue weighted by atomic mass is 10.1. The van der Waals surface area contributed by atoms with Gasteiger partial charge in [-0.3, -0.25) is 14.7 Å². The highest BCUT2D eigenvalue weighted by Gasteiger charge is 2.41. The standard InChI is InChI=1S/C24H27IN4O4/c1-15-2-6-19(13-26-15)29-20(22(16-3-4-16)33-24(29)25)14-32-21-7-5-17(12-27-21)23(30)28-18-8-10-31-11-9-18/h2,5-7,12-13,16,18,24H,3-4,8-11,14H2,1H3,(H,28,30). The number of amides is 1. The Bertz CT molecular complexity index is 1020. The van der Waals surface area contributed by atoms with Gasteiger partial charge in [0.2, 0.25) is 10.1 Å². The second-order valence-corrected chi connectivity index (χ2v) is 9.62. The van der Waals surface area contributed by atoms with Gasteiger partial charge < -0.3 is 19.5 Å². The van der Waals surface area contributed by atoms with Crippen molar-refractivity contribution in [2.75, 3.05) is 24.7 Å². The highest BCUT2D eigenvalue weighted by atomic mass is 127. The number of halogens is 1. The molecule has 1 aliphatic carbocycles. The van der Waals surface area contributed by atoms with Gasteiger partial charge in [0, 0.05) is 43.1 Å². The first kappa shape index (κ1) is 22.4. The lowest BCUT2D eigenvalue weighted by Crippen LogP contribution is -2.38. The van der Waals surface area contributed by atoms with Gasteiger partial charge in [-0.05, 0) is 73.4 Å². The highest BCUT2D eigenvalue weighted by molar-refractivity contribution is 14.1. The van der Waals surface area contributed by atoms with Gasteiger partial charge in [0.05, 0.1) is 23.1 Å². The zero-order valence-electron chi connectivity index (χ0n) is 18.5. The molecule has 2 aromatic rings. The van der Waals surface area contributed by atoms with Gasteiger partial charge in [-0.2, -0.15) is 0 Å². The topological polar surface area (TPSA) is 85.8 Å². The number of carbonyl (C=O) groups is 1. The van der Waals surface area contributed by atoms with E-state index in [1.54, 1.807) is 18.3 Å². The minimum absolute atomic E-state index is 0.116. The predicted molar refractivity (Wildman–Crippen MR) is 131 cm³/mol. The number of carbonyl (C=O) groups excluding carboxylic acids is 1. The van der Waals surface area contributed by atoms with Crippen LogP contribution in [0.1, 0.15) is 41.7 Å². The van der Waals surface area contributed by atoms with Crippen LogP contribution in [-0.4, -0.2) is 46.0 Å². The van der Waals surface area contributed by atoms with Crippen molar-refractivity contribution in [3.63, 3.8) is 0 Å². The van der Waals surface area contributed by atoms with Crippen LogP contribution in [0.3, 0.4) is 0 Å². The van der Waals surface area contributed by atoms with Crippen LogP contribution in [0, 0.1) is 12.8 Å². The number of anilines is 1. The normalized spacial score (nSPS) is 21.2. The Morgan fingerprint density at radius 2 is 1.97 bits per heavy atom. The number of nitrogens with zero attached hydrogens (tertiary/aromatic N) is 3. The minimum Gasteiger partial charge on any atom is -0.471 e. The molecule has 0 aromatic carbocycles. The summed E-state index contributed by atoms with van der Waals surface area (Å²) in [4.78, 5) is 23.4. The molecule has 3 aliphatic rings. The maximum Gasteiger partial charge on any atom is 0.253 e. The summed E-state index contributed by atoms with van der Waals surface area (Å²) < 4.78 is 17.5. The van der Waals surface area contributed by atoms with Crippen molar-refractivity contribution in [3.8, 4) is 5.88 Å². The van der Waals surface area contributed by atoms with E-state index in [0.29, 0.717) is 37.2 Å².